The Hall–Kier alpha value is -1.36. The molecule has 0 N–H and O–H groups in total. The predicted molar refractivity (Wildman–Crippen MR) is 72.8 cm³/mol. The standard InChI is InChI=1S/C15H11BrF4/c1-8-4-10(14(19)7-13(8)18)11(16)5-9-2-3-12(17)15(20)6-9/h2-4,6-7,11H,5H2,1H3. The lowest BCUT2D eigenvalue weighted by molar-refractivity contribution is 0.507. The highest BCUT2D eigenvalue weighted by molar-refractivity contribution is 9.09. The van der Waals surface area contributed by atoms with Crippen molar-refractivity contribution in [1.82, 2.24) is 0 Å². The fraction of sp³-hybridized carbons (Fsp3) is 0.200. The van der Waals surface area contributed by atoms with Crippen molar-refractivity contribution in [3.05, 3.63) is 70.3 Å². The molecule has 0 radical (unpaired) electrons. The summed E-state index contributed by atoms with van der Waals surface area (Å²) in [4.78, 5) is -0.452. The van der Waals surface area contributed by atoms with Crippen LogP contribution in [0.4, 0.5) is 17.6 Å². The van der Waals surface area contributed by atoms with Crippen LogP contribution in [0.3, 0.4) is 0 Å². The van der Waals surface area contributed by atoms with Crippen LogP contribution >= 0.6 is 15.9 Å². The molecule has 0 saturated carbocycles. The molecule has 0 bridgehead atoms. The van der Waals surface area contributed by atoms with Gasteiger partial charge in [-0.3, -0.25) is 0 Å². The minimum Gasteiger partial charge on any atom is -0.207 e. The van der Waals surface area contributed by atoms with E-state index in [1.165, 1.54) is 19.1 Å². The Bertz CT molecular complexity index is 640. The molecule has 0 heterocycles. The minimum atomic E-state index is -0.946. The van der Waals surface area contributed by atoms with Crippen molar-refractivity contribution in [2.75, 3.05) is 0 Å². The van der Waals surface area contributed by atoms with Crippen molar-refractivity contribution in [3.8, 4) is 0 Å². The SMILES string of the molecule is Cc1cc(C(Br)Cc2ccc(F)c(F)c2)c(F)cc1F. The third-order valence-corrected chi connectivity index (χ3v) is 3.83. The molecule has 5 heteroatoms. The molecule has 0 fully saturated rings. The maximum Gasteiger partial charge on any atom is 0.159 e. The van der Waals surface area contributed by atoms with E-state index in [1.807, 2.05) is 0 Å². The van der Waals surface area contributed by atoms with Crippen molar-refractivity contribution in [2.45, 2.75) is 18.2 Å². The molecular weight excluding hydrogens is 336 g/mol. The predicted octanol–water partition coefficient (Wildman–Crippen LogP) is 5.23. The summed E-state index contributed by atoms with van der Waals surface area (Å²) in [6.45, 7) is 1.54. The fourth-order valence-corrected chi connectivity index (χ4v) is 2.63. The van der Waals surface area contributed by atoms with Gasteiger partial charge in [0.05, 0.1) is 0 Å². The van der Waals surface area contributed by atoms with Gasteiger partial charge in [-0.25, -0.2) is 17.6 Å². The molecule has 0 spiro atoms. The van der Waals surface area contributed by atoms with Crippen molar-refractivity contribution in [3.63, 3.8) is 0 Å². The van der Waals surface area contributed by atoms with Crippen LogP contribution in [0.5, 0.6) is 0 Å². The summed E-state index contributed by atoms with van der Waals surface area (Å²) in [5.41, 5.74) is 1.14. The van der Waals surface area contributed by atoms with Crippen LogP contribution in [0.15, 0.2) is 30.3 Å². The third kappa shape index (κ3) is 3.20. The number of rotatable bonds is 3. The first-order chi connectivity index (χ1) is 9.38. The summed E-state index contributed by atoms with van der Waals surface area (Å²) in [5, 5.41) is 0. The molecule has 0 amide bonds. The minimum absolute atomic E-state index is 0.263. The number of alkyl halides is 1. The Morgan fingerprint density at radius 2 is 1.60 bits per heavy atom. The van der Waals surface area contributed by atoms with Gasteiger partial charge in [-0.15, -0.1) is 0 Å². The van der Waals surface area contributed by atoms with E-state index in [0.29, 0.717) is 11.1 Å². The van der Waals surface area contributed by atoms with Crippen LogP contribution in [-0.4, -0.2) is 0 Å². The molecule has 0 aliphatic rings. The lowest BCUT2D eigenvalue weighted by Crippen LogP contribution is -2.01. The van der Waals surface area contributed by atoms with E-state index in [2.05, 4.69) is 15.9 Å². The summed E-state index contributed by atoms with van der Waals surface area (Å²) in [7, 11) is 0. The first-order valence-corrected chi connectivity index (χ1v) is 6.83. The maximum atomic E-state index is 13.7. The van der Waals surface area contributed by atoms with Crippen molar-refractivity contribution < 1.29 is 17.6 Å². The molecule has 2 aromatic carbocycles. The topological polar surface area (TPSA) is 0 Å². The Labute approximate surface area is 122 Å². The van der Waals surface area contributed by atoms with E-state index in [9.17, 15) is 17.6 Å². The summed E-state index contributed by atoms with van der Waals surface area (Å²) >= 11 is 3.30. The second kappa shape index (κ2) is 5.95. The van der Waals surface area contributed by atoms with E-state index in [0.717, 1.165) is 18.2 Å². The number of benzene rings is 2. The van der Waals surface area contributed by atoms with Crippen molar-refractivity contribution in [2.24, 2.45) is 0 Å². The highest BCUT2D eigenvalue weighted by atomic mass is 79.9. The molecule has 0 aliphatic carbocycles. The van der Waals surface area contributed by atoms with Gasteiger partial charge < -0.3 is 0 Å². The van der Waals surface area contributed by atoms with E-state index in [4.69, 9.17) is 0 Å². The maximum absolute atomic E-state index is 13.7. The number of halogens is 5. The Morgan fingerprint density at radius 3 is 2.25 bits per heavy atom. The van der Waals surface area contributed by atoms with Gasteiger partial charge in [-0.1, -0.05) is 22.0 Å². The largest absolute Gasteiger partial charge is 0.207 e. The van der Waals surface area contributed by atoms with Gasteiger partial charge in [0.25, 0.3) is 0 Å². The van der Waals surface area contributed by atoms with Gasteiger partial charge in [0.15, 0.2) is 11.6 Å². The molecule has 0 nitrogen and oxygen atoms in total. The summed E-state index contributed by atoms with van der Waals surface area (Å²) in [5.74, 6) is -3.15. The molecule has 1 unspecified atom stereocenters. The summed E-state index contributed by atoms with van der Waals surface area (Å²) < 4.78 is 52.9. The van der Waals surface area contributed by atoms with E-state index >= 15 is 0 Å². The Kier molecular flexibility index (Phi) is 4.48. The van der Waals surface area contributed by atoms with Crippen molar-refractivity contribution >= 4 is 15.9 Å². The molecular formula is C15H11BrF4. The van der Waals surface area contributed by atoms with Crippen LogP contribution < -0.4 is 0 Å². The van der Waals surface area contributed by atoms with Crippen LogP contribution in [-0.2, 0) is 6.42 Å². The summed E-state index contributed by atoms with van der Waals surface area (Å²) in [6.07, 6.45) is 0.263. The highest BCUT2D eigenvalue weighted by Crippen LogP contribution is 2.31. The quantitative estimate of drug-likeness (QED) is 0.527. The second-order valence-electron chi connectivity index (χ2n) is 4.54. The molecule has 0 saturated heterocycles. The van der Waals surface area contributed by atoms with Gasteiger partial charge in [0, 0.05) is 16.5 Å². The van der Waals surface area contributed by atoms with Crippen LogP contribution in [0.2, 0.25) is 0 Å². The van der Waals surface area contributed by atoms with Crippen LogP contribution in [0.1, 0.15) is 21.5 Å². The Balaban J connectivity index is 2.25. The zero-order valence-electron chi connectivity index (χ0n) is 10.6. The molecule has 0 aromatic heterocycles. The molecule has 2 aromatic rings. The summed E-state index contributed by atoms with van der Waals surface area (Å²) in [6, 6.07) is 5.75. The van der Waals surface area contributed by atoms with Gasteiger partial charge in [0.1, 0.15) is 11.6 Å². The number of aryl methyl sites for hydroxylation is 1. The van der Waals surface area contributed by atoms with Crippen molar-refractivity contribution in [1.29, 1.82) is 0 Å². The lowest BCUT2D eigenvalue weighted by Gasteiger charge is -2.13. The van der Waals surface area contributed by atoms with Gasteiger partial charge in [-0.05, 0) is 42.7 Å². The highest BCUT2D eigenvalue weighted by Gasteiger charge is 2.16. The average Bonchev–Trinajstić information content (AvgIpc) is 2.38. The van der Waals surface area contributed by atoms with E-state index < -0.39 is 28.1 Å². The molecule has 0 aliphatic heterocycles. The number of hydrogen-bond acceptors (Lipinski definition) is 0. The van der Waals surface area contributed by atoms with Gasteiger partial charge in [-0.2, -0.15) is 0 Å². The first-order valence-electron chi connectivity index (χ1n) is 5.92. The van der Waals surface area contributed by atoms with Crippen LogP contribution in [0.25, 0.3) is 0 Å². The lowest BCUT2D eigenvalue weighted by atomic mass is 10.0. The fourth-order valence-electron chi connectivity index (χ4n) is 1.90. The second-order valence-corrected chi connectivity index (χ2v) is 5.65. The Morgan fingerprint density at radius 1 is 0.900 bits per heavy atom. The van der Waals surface area contributed by atoms with E-state index in [1.54, 1.807) is 0 Å². The monoisotopic (exact) mass is 346 g/mol. The molecule has 20 heavy (non-hydrogen) atoms. The average molecular weight is 347 g/mol. The molecule has 2 rings (SSSR count). The first kappa shape index (κ1) is 15.0. The smallest absolute Gasteiger partial charge is 0.159 e. The van der Waals surface area contributed by atoms with Gasteiger partial charge >= 0.3 is 0 Å². The normalized spacial score (nSPS) is 12.5. The zero-order chi connectivity index (χ0) is 14.9. The molecule has 106 valence electrons. The third-order valence-electron chi connectivity index (χ3n) is 3.01. The van der Waals surface area contributed by atoms with E-state index in [-0.39, 0.29) is 12.0 Å². The van der Waals surface area contributed by atoms with Gasteiger partial charge in [0.2, 0.25) is 0 Å². The molecule has 1 atom stereocenters. The van der Waals surface area contributed by atoms with Crippen LogP contribution in [0, 0.1) is 30.2 Å². The zero-order valence-corrected chi connectivity index (χ0v) is 12.1. The number of hydrogen-bond donors (Lipinski definition) is 0.